The highest BCUT2D eigenvalue weighted by molar-refractivity contribution is 8.01. The second-order valence-electron chi connectivity index (χ2n) is 6.41. The molecular weight excluding hydrogens is 424 g/mol. The summed E-state index contributed by atoms with van der Waals surface area (Å²) < 4.78 is 6.26. The van der Waals surface area contributed by atoms with E-state index in [4.69, 9.17) is 4.52 Å². The normalized spacial score (nSPS) is 11.0. The van der Waals surface area contributed by atoms with E-state index in [9.17, 15) is 4.79 Å². The number of thiazole rings is 1. The Hall–Kier alpha value is -2.49. The topological polar surface area (TPSA) is 80.9 Å². The number of hydrogen-bond donors (Lipinski definition) is 1. The molecule has 0 aliphatic heterocycles. The van der Waals surface area contributed by atoms with Crippen LogP contribution in [0.15, 0.2) is 54.2 Å². The van der Waals surface area contributed by atoms with Crippen LogP contribution in [0, 0.1) is 13.8 Å². The maximum absolute atomic E-state index is 12.3. The van der Waals surface area contributed by atoms with Crippen molar-refractivity contribution in [2.24, 2.45) is 0 Å². The van der Waals surface area contributed by atoms with Crippen molar-refractivity contribution in [2.45, 2.75) is 35.9 Å². The molecule has 1 aromatic carbocycles. The van der Waals surface area contributed by atoms with Crippen LogP contribution < -0.4 is 5.32 Å². The summed E-state index contributed by atoms with van der Waals surface area (Å²) in [6.45, 7) is 3.97. The molecule has 0 saturated heterocycles. The molecule has 4 rings (SSSR count). The van der Waals surface area contributed by atoms with Crippen LogP contribution in [0.3, 0.4) is 0 Å². The van der Waals surface area contributed by atoms with Crippen molar-refractivity contribution in [1.29, 1.82) is 0 Å². The summed E-state index contributed by atoms with van der Waals surface area (Å²) in [5.74, 6) is 0.934. The molecule has 0 aliphatic rings. The number of rotatable bonds is 7. The zero-order chi connectivity index (χ0) is 20.2. The molecule has 9 heteroatoms. The second kappa shape index (κ2) is 8.89. The molecule has 0 radical (unpaired) electrons. The van der Waals surface area contributed by atoms with Crippen molar-refractivity contribution in [3.8, 4) is 11.4 Å². The van der Waals surface area contributed by atoms with Crippen LogP contribution in [-0.2, 0) is 11.2 Å². The number of benzene rings is 1. The van der Waals surface area contributed by atoms with Gasteiger partial charge in [-0.2, -0.15) is 16.3 Å². The minimum atomic E-state index is -0.0839. The van der Waals surface area contributed by atoms with Crippen LogP contribution in [0.1, 0.15) is 23.6 Å². The standard InChI is InChI=1S/C20H18N4O2S3/c1-12-9-15(29-20-21-13(2)10-28-20)3-4-16(12)22-17(25)5-6-18-23-19(24-26-18)14-7-8-27-11-14/h3-4,7-11H,5-6H2,1-2H3,(H,22,25). The molecular formula is C20H18N4O2S3. The molecule has 0 bridgehead atoms. The fourth-order valence-electron chi connectivity index (χ4n) is 2.62. The van der Waals surface area contributed by atoms with E-state index in [0.717, 1.165) is 31.7 Å². The van der Waals surface area contributed by atoms with Crippen LogP contribution in [0.4, 0.5) is 5.69 Å². The quantitative estimate of drug-likeness (QED) is 0.402. The Labute approximate surface area is 180 Å². The van der Waals surface area contributed by atoms with Gasteiger partial charge < -0.3 is 9.84 Å². The Bertz CT molecular complexity index is 1120. The molecule has 3 aromatic heterocycles. The third-order valence-corrected chi connectivity index (χ3v) is 6.82. The molecule has 0 spiro atoms. The SMILES string of the molecule is Cc1csc(Sc2ccc(NC(=O)CCc3nc(-c4ccsc4)no3)c(C)c2)n1. The van der Waals surface area contributed by atoms with E-state index in [1.165, 1.54) is 0 Å². The summed E-state index contributed by atoms with van der Waals surface area (Å²) in [6.07, 6.45) is 0.680. The summed E-state index contributed by atoms with van der Waals surface area (Å²) in [6, 6.07) is 7.92. The van der Waals surface area contributed by atoms with Gasteiger partial charge in [0.1, 0.15) is 0 Å². The number of carbonyl (C=O) groups excluding carboxylic acids is 1. The van der Waals surface area contributed by atoms with E-state index >= 15 is 0 Å². The highest BCUT2D eigenvalue weighted by Gasteiger charge is 2.12. The van der Waals surface area contributed by atoms with Crippen molar-refractivity contribution in [2.75, 3.05) is 5.32 Å². The van der Waals surface area contributed by atoms with E-state index in [2.05, 4.69) is 26.5 Å². The van der Waals surface area contributed by atoms with E-state index in [1.807, 2.05) is 48.2 Å². The summed E-state index contributed by atoms with van der Waals surface area (Å²) in [5, 5.41) is 12.9. The van der Waals surface area contributed by atoms with Gasteiger partial charge in [-0.25, -0.2) is 4.98 Å². The fourth-order valence-corrected chi connectivity index (χ4v) is 5.16. The third kappa shape index (κ3) is 5.11. The molecule has 0 aliphatic carbocycles. The molecule has 0 unspecified atom stereocenters. The first-order valence-corrected chi connectivity index (χ1v) is 11.6. The number of nitrogens with zero attached hydrogens (tertiary/aromatic N) is 3. The second-order valence-corrected chi connectivity index (χ2v) is 9.36. The van der Waals surface area contributed by atoms with Gasteiger partial charge in [-0.05, 0) is 49.1 Å². The Morgan fingerprint density at radius 1 is 1.21 bits per heavy atom. The molecule has 3 heterocycles. The van der Waals surface area contributed by atoms with Crippen LogP contribution in [0.25, 0.3) is 11.4 Å². The number of carbonyl (C=O) groups is 1. The van der Waals surface area contributed by atoms with Crippen molar-refractivity contribution in [1.82, 2.24) is 15.1 Å². The molecule has 0 fully saturated rings. The maximum atomic E-state index is 12.3. The average Bonchev–Trinajstić information content (AvgIpc) is 3.44. The number of aromatic nitrogens is 3. The average molecular weight is 443 g/mol. The van der Waals surface area contributed by atoms with E-state index < -0.39 is 0 Å². The zero-order valence-corrected chi connectivity index (χ0v) is 18.3. The van der Waals surface area contributed by atoms with Gasteiger partial charge in [0.05, 0.1) is 0 Å². The number of thiophene rings is 1. The highest BCUT2D eigenvalue weighted by atomic mass is 32.2. The molecule has 6 nitrogen and oxygen atoms in total. The van der Waals surface area contributed by atoms with E-state index in [-0.39, 0.29) is 12.3 Å². The summed E-state index contributed by atoms with van der Waals surface area (Å²) in [4.78, 5) is 22.3. The summed E-state index contributed by atoms with van der Waals surface area (Å²) in [7, 11) is 0. The van der Waals surface area contributed by atoms with Crippen LogP contribution in [-0.4, -0.2) is 21.0 Å². The largest absolute Gasteiger partial charge is 0.339 e. The molecule has 29 heavy (non-hydrogen) atoms. The lowest BCUT2D eigenvalue weighted by Crippen LogP contribution is -2.13. The predicted molar refractivity (Wildman–Crippen MR) is 117 cm³/mol. The monoisotopic (exact) mass is 442 g/mol. The Balaban J connectivity index is 1.32. The molecule has 4 aromatic rings. The molecule has 1 N–H and O–H groups in total. The number of amides is 1. The van der Waals surface area contributed by atoms with Gasteiger partial charge >= 0.3 is 0 Å². The van der Waals surface area contributed by atoms with Crippen LogP contribution >= 0.6 is 34.4 Å². The first kappa shape index (κ1) is 19.8. The van der Waals surface area contributed by atoms with Gasteiger partial charge in [-0.3, -0.25) is 4.79 Å². The third-order valence-electron chi connectivity index (χ3n) is 4.09. The summed E-state index contributed by atoms with van der Waals surface area (Å²) in [5.41, 5.74) is 3.77. The molecule has 0 saturated carbocycles. The zero-order valence-electron chi connectivity index (χ0n) is 15.8. The molecule has 1 amide bonds. The molecule has 0 atom stereocenters. The van der Waals surface area contributed by atoms with Crippen molar-refractivity contribution >= 4 is 46.0 Å². The lowest BCUT2D eigenvalue weighted by atomic mass is 10.2. The smallest absolute Gasteiger partial charge is 0.227 e. The minimum absolute atomic E-state index is 0.0839. The maximum Gasteiger partial charge on any atom is 0.227 e. The first-order chi connectivity index (χ1) is 14.1. The Morgan fingerprint density at radius 3 is 2.83 bits per heavy atom. The highest BCUT2D eigenvalue weighted by Crippen LogP contribution is 2.32. The van der Waals surface area contributed by atoms with E-state index in [1.54, 1.807) is 34.4 Å². The van der Waals surface area contributed by atoms with Crippen molar-refractivity contribution in [3.05, 3.63) is 57.6 Å². The number of aryl methyl sites for hydroxylation is 3. The number of nitrogens with one attached hydrogen (secondary N) is 1. The first-order valence-electron chi connectivity index (χ1n) is 8.92. The van der Waals surface area contributed by atoms with Gasteiger partial charge in [-0.15, -0.1) is 11.3 Å². The van der Waals surface area contributed by atoms with Gasteiger partial charge in [0.15, 0.2) is 4.34 Å². The number of anilines is 1. The van der Waals surface area contributed by atoms with Gasteiger partial charge in [-0.1, -0.05) is 16.9 Å². The van der Waals surface area contributed by atoms with Crippen LogP contribution in [0.2, 0.25) is 0 Å². The van der Waals surface area contributed by atoms with Gasteiger partial charge in [0.2, 0.25) is 17.6 Å². The summed E-state index contributed by atoms with van der Waals surface area (Å²) >= 11 is 4.84. The lowest BCUT2D eigenvalue weighted by Gasteiger charge is -2.09. The van der Waals surface area contributed by atoms with Crippen molar-refractivity contribution < 1.29 is 9.32 Å². The Morgan fingerprint density at radius 2 is 2.10 bits per heavy atom. The minimum Gasteiger partial charge on any atom is -0.339 e. The Kier molecular flexibility index (Phi) is 6.08. The predicted octanol–water partition coefficient (Wildman–Crippen LogP) is 5.59. The van der Waals surface area contributed by atoms with Gasteiger partial charge in [0.25, 0.3) is 0 Å². The number of hydrogen-bond acceptors (Lipinski definition) is 8. The van der Waals surface area contributed by atoms with E-state index in [0.29, 0.717) is 18.1 Å². The van der Waals surface area contributed by atoms with Gasteiger partial charge in [0, 0.05) is 45.4 Å². The lowest BCUT2D eigenvalue weighted by molar-refractivity contribution is -0.116. The van der Waals surface area contributed by atoms with Crippen molar-refractivity contribution in [3.63, 3.8) is 0 Å². The van der Waals surface area contributed by atoms with Crippen LogP contribution in [0.5, 0.6) is 0 Å². The fraction of sp³-hybridized carbons (Fsp3) is 0.200. The molecule has 148 valence electrons.